The molecule has 3 amide bonds. The van der Waals surface area contributed by atoms with Crippen molar-refractivity contribution in [2.24, 2.45) is 5.92 Å². The zero-order valence-corrected chi connectivity index (χ0v) is 22.2. The molecule has 2 aliphatic carbocycles. The van der Waals surface area contributed by atoms with E-state index in [4.69, 9.17) is 4.74 Å². The number of nitrogens with one attached hydrogen (secondary N) is 1. The first kappa shape index (κ1) is 25.4. The molecule has 1 saturated heterocycles. The summed E-state index contributed by atoms with van der Waals surface area (Å²) in [6.45, 7) is 1.38. The number of benzene rings is 1. The number of aromatic nitrogens is 2. The summed E-state index contributed by atoms with van der Waals surface area (Å²) in [4.78, 5) is 32.8. The quantitative estimate of drug-likeness (QED) is 0.587. The average molecular weight is 507 g/mol. The van der Waals surface area contributed by atoms with Gasteiger partial charge >= 0.3 is 6.03 Å². The van der Waals surface area contributed by atoms with Crippen LogP contribution in [-0.2, 0) is 10.3 Å². The van der Waals surface area contributed by atoms with Crippen LogP contribution in [0.3, 0.4) is 0 Å². The molecule has 9 nitrogen and oxygen atoms in total. The predicted molar refractivity (Wildman–Crippen MR) is 141 cm³/mol. The Morgan fingerprint density at radius 3 is 2.38 bits per heavy atom. The van der Waals surface area contributed by atoms with Crippen LogP contribution in [0.4, 0.5) is 10.6 Å². The fourth-order valence-corrected chi connectivity index (χ4v) is 6.36. The van der Waals surface area contributed by atoms with Gasteiger partial charge in [0, 0.05) is 24.7 Å². The molecule has 2 aromatic rings. The summed E-state index contributed by atoms with van der Waals surface area (Å²) in [5, 5.41) is 10.6. The van der Waals surface area contributed by atoms with Gasteiger partial charge in [-0.15, -0.1) is 10.2 Å². The molecule has 3 aliphatic rings. The highest BCUT2D eigenvalue weighted by molar-refractivity contribution is 5.94. The lowest BCUT2D eigenvalue weighted by Gasteiger charge is -2.51. The second kappa shape index (κ2) is 10.3. The Hall–Kier alpha value is -3.20. The second-order valence-electron chi connectivity index (χ2n) is 11.1. The fraction of sp³-hybridized carbons (Fsp3) is 0.571. The van der Waals surface area contributed by atoms with Crippen LogP contribution in [0.1, 0.15) is 50.5 Å². The standard InChI is InChI=1S/C28H38N6O3/c1-32(2)28(22-10-5-4-6-11-22)16-14-27(15-17-28)20-33(26(36)34(27)18-21-8-7-9-21)19-24(35)29-23-12-13-25(37-3)31-30-23/h4-6,10-13,21H,7-9,14-20H2,1-3H3,(H,29,30,35)/t27-,28+. The maximum atomic E-state index is 13.7. The highest BCUT2D eigenvalue weighted by Crippen LogP contribution is 2.49. The Bertz CT molecular complexity index is 1090. The van der Waals surface area contributed by atoms with Gasteiger partial charge in [0.25, 0.3) is 0 Å². The van der Waals surface area contributed by atoms with Gasteiger partial charge in [0.2, 0.25) is 11.8 Å². The van der Waals surface area contributed by atoms with Crippen LogP contribution in [0.2, 0.25) is 0 Å². The zero-order valence-electron chi connectivity index (χ0n) is 22.2. The van der Waals surface area contributed by atoms with Crippen molar-refractivity contribution in [1.82, 2.24) is 24.9 Å². The number of urea groups is 1. The van der Waals surface area contributed by atoms with E-state index in [0.717, 1.165) is 32.2 Å². The van der Waals surface area contributed by atoms with Crippen molar-refractivity contribution >= 4 is 17.8 Å². The molecule has 198 valence electrons. The first-order valence-electron chi connectivity index (χ1n) is 13.3. The Morgan fingerprint density at radius 2 is 1.81 bits per heavy atom. The van der Waals surface area contributed by atoms with Crippen LogP contribution in [0.25, 0.3) is 0 Å². The van der Waals surface area contributed by atoms with Crippen molar-refractivity contribution in [3.8, 4) is 5.88 Å². The van der Waals surface area contributed by atoms with E-state index in [1.165, 1.54) is 31.9 Å². The Balaban J connectivity index is 1.32. The lowest BCUT2D eigenvalue weighted by atomic mass is 9.68. The van der Waals surface area contributed by atoms with E-state index in [1.807, 2.05) is 0 Å². The Labute approximate surface area is 219 Å². The minimum Gasteiger partial charge on any atom is -0.480 e. The summed E-state index contributed by atoms with van der Waals surface area (Å²) in [7, 11) is 5.84. The summed E-state index contributed by atoms with van der Waals surface area (Å²) in [6, 6.07) is 14.0. The van der Waals surface area contributed by atoms with E-state index < -0.39 is 0 Å². The van der Waals surface area contributed by atoms with Crippen LogP contribution < -0.4 is 10.1 Å². The average Bonchev–Trinajstić information content (AvgIpc) is 3.12. The van der Waals surface area contributed by atoms with Crippen molar-refractivity contribution in [3.63, 3.8) is 0 Å². The third-order valence-electron chi connectivity index (χ3n) is 8.85. The third-order valence-corrected chi connectivity index (χ3v) is 8.85. The van der Waals surface area contributed by atoms with E-state index in [2.05, 4.69) is 69.7 Å². The summed E-state index contributed by atoms with van der Waals surface area (Å²) >= 11 is 0. The first-order valence-corrected chi connectivity index (χ1v) is 13.3. The van der Waals surface area contributed by atoms with Gasteiger partial charge in [-0.05, 0) is 70.2 Å². The van der Waals surface area contributed by atoms with Gasteiger partial charge in [0.05, 0.1) is 12.6 Å². The molecule has 1 aromatic carbocycles. The van der Waals surface area contributed by atoms with Gasteiger partial charge in [-0.25, -0.2) is 4.79 Å². The van der Waals surface area contributed by atoms with Crippen LogP contribution in [0, 0.1) is 5.92 Å². The molecule has 0 atom stereocenters. The van der Waals surface area contributed by atoms with Gasteiger partial charge < -0.3 is 19.9 Å². The molecule has 2 heterocycles. The third kappa shape index (κ3) is 4.89. The Morgan fingerprint density at radius 1 is 1.08 bits per heavy atom. The number of carbonyl (C=O) groups excluding carboxylic acids is 2. The van der Waals surface area contributed by atoms with Gasteiger partial charge in [-0.1, -0.05) is 36.8 Å². The van der Waals surface area contributed by atoms with Crippen LogP contribution in [0.15, 0.2) is 42.5 Å². The van der Waals surface area contributed by atoms with Crippen LogP contribution in [0.5, 0.6) is 5.88 Å². The minimum absolute atomic E-state index is 0.00691. The lowest BCUT2D eigenvalue weighted by molar-refractivity contribution is -0.116. The molecule has 0 bridgehead atoms. The monoisotopic (exact) mass is 506 g/mol. The molecule has 1 spiro atoms. The van der Waals surface area contributed by atoms with Crippen molar-refractivity contribution in [3.05, 3.63) is 48.0 Å². The summed E-state index contributed by atoms with van der Waals surface area (Å²) < 4.78 is 5.03. The van der Waals surface area contributed by atoms with E-state index in [9.17, 15) is 9.59 Å². The minimum atomic E-state index is -0.267. The molecule has 9 heteroatoms. The largest absolute Gasteiger partial charge is 0.480 e. The molecule has 0 unspecified atom stereocenters. The SMILES string of the molecule is COc1ccc(NC(=O)CN2C[C@]3(CC[C@](c4ccccc4)(N(C)C)CC3)N(CC3CCC3)C2=O)nn1. The normalized spacial score (nSPS) is 26.0. The van der Waals surface area contributed by atoms with Crippen molar-refractivity contribution < 1.29 is 14.3 Å². The number of hydrogen-bond acceptors (Lipinski definition) is 6. The topological polar surface area (TPSA) is 90.9 Å². The lowest BCUT2D eigenvalue weighted by Crippen LogP contribution is -2.56. The number of amides is 3. The first-order chi connectivity index (χ1) is 17.8. The van der Waals surface area contributed by atoms with Gasteiger partial charge in [0.1, 0.15) is 6.54 Å². The summed E-state index contributed by atoms with van der Waals surface area (Å²) in [5.41, 5.74) is 1.05. The maximum absolute atomic E-state index is 13.7. The summed E-state index contributed by atoms with van der Waals surface area (Å²) in [6.07, 6.45) is 7.39. The smallest absolute Gasteiger partial charge is 0.321 e. The molecule has 2 saturated carbocycles. The zero-order chi connectivity index (χ0) is 26.0. The molecular weight excluding hydrogens is 468 g/mol. The molecule has 0 radical (unpaired) electrons. The molecular formula is C28H38N6O3. The number of methoxy groups -OCH3 is 1. The molecule has 1 aliphatic heterocycles. The predicted octanol–water partition coefficient (Wildman–Crippen LogP) is 3.73. The van der Waals surface area contributed by atoms with E-state index in [0.29, 0.717) is 24.2 Å². The molecule has 3 fully saturated rings. The van der Waals surface area contributed by atoms with Crippen molar-refractivity contribution in [2.75, 3.05) is 46.2 Å². The highest BCUT2D eigenvalue weighted by Gasteiger charge is 2.55. The number of nitrogens with zero attached hydrogens (tertiary/aromatic N) is 5. The molecule has 5 rings (SSSR count). The van der Waals surface area contributed by atoms with Gasteiger partial charge in [-0.2, -0.15) is 0 Å². The molecule has 37 heavy (non-hydrogen) atoms. The fourth-order valence-electron chi connectivity index (χ4n) is 6.36. The van der Waals surface area contributed by atoms with Gasteiger partial charge in [0.15, 0.2) is 5.82 Å². The van der Waals surface area contributed by atoms with Crippen molar-refractivity contribution in [1.29, 1.82) is 0 Å². The number of carbonyl (C=O) groups is 2. The number of rotatable bonds is 8. The number of ether oxygens (including phenoxy) is 1. The van der Waals surface area contributed by atoms with Crippen LogP contribution >= 0.6 is 0 Å². The number of anilines is 1. The molecule has 1 aromatic heterocycles. The van der Waals surface area contributed by atoms with E-state index in [1.54, 1.807) is 17.0 Å². The Kier molecular flexibility index (Phi) is 7.07. The van der Waals surface area contributed by atoms with E-state index in [-0.39, 0.29) is 29.6 Å². The van der Waals surface area contributed by atoms with E-state index >= 15 is 0 Å². The number of hydrogen-bond donors (Lipinski definition) is 1. The van der Waals surface area contributed by atoms with Crippen LogP contribution in [-0.4, -0.2) is 83.2 Å². The second-order valence-corrected chi connectivity index (χ2v) is 11.1. The molecule has 1 N–H and O–H groups in total. The van der Waals surface area contributed by atoms with Gasteiger partial charge in [-0.3, -0.25) is 9.69 Å². The maximum Gasteiger partial charge on any atom is 0.321 e. The van der Waals surface area contributed by atoms with Crippen molar-refractivity contribution in [2.45, 2.75) is 56.0 Å². The summed E-state index contributed by atoms with van der Waals surface area (Å²) in [5.74, 6) is 1.02. The highest BCUT2D eigenvalue weighted by atomic mass is 16.5.